The molecule has 3 rings (SSSR count). The number of nitrogens with zero attached hydrogens (tertiary/aromatic N) is 4. The Morgan fingerprint density at radius 3 is 2.91 bits per heavy atom. The lowest BCUT2D eigenvalue weighted by Crippen LogP contribution is -2.20. The Balaban J connectivity index is 1.67. The third kappa shape index (κ3) is 2.95. The molecule has 0 saturated carbocycles. The highest BCUT2D eigenvalue weighted by Crippen LogP contribution is 2.29. The molecular weight excluding hydrogens is 280 g/mol. The maximum absolute atomic E-state index is 10.9. The molecule has 1 fully saturated rings. The second-order valence-electron chi connectivity index (χ2n) is 6.05. The minimum Gasteiger partial charge on any atom is -0.371 e. The van der Waals surface area contributed by atoms with Gasteiger partial charge in [-0.25, -0.2) is 0 Å². The molecule has 1 aromatic heterocycles. The van der Waals surface area contributed by atoms with Gasteiger partial charge in [-0.1, -0.05) is 0 Å². The number of aromatic nitrogens is 2. The summed E-state index contributed by atoms with van der Waals surface area (Å²) in [6.45, 7) is 3.79. The van der Waals surface area contributed by atoms with Crippen LogP contribution in [0.3, 0.4) is 0 Å². The number of aryl methyl sites for hydroxylation is 2. The lowest BCUT2D eigenvalue weighted by molar-refractivity contribution is -0.385. The summed E-state index contributed by atoms with van der Waals surface area (Å²) in [5, 5.41) is 15.1. The van der Waals surface area contributed by atoms with Crippen molar-refractivity contribution in [1.29, 1.82) is 0 Å². The summed E-state index contributed by atoms with van der Waals surface area (Å²) in [7, 11) is 1.93. The Morgan fingerprint density at radius 1 is 1.45 bits per heavy atom. The van der Waals surface area contributed by atoms with Gasteiger partial charge in [0.25, 0.3) is 5.69 Å². The van der Waals surface area contributed by atoms with E-state index in [2.05, 4.69) is 16.2 Å². The summed E-state index contributed by atoms with van der Waals surface area (Å²) in [6, 6.07) is 5.39. The number of hydrogen-bond acceptors (Lipinski definition) is 4. The van der Waals surface area contributed by atoms with Crippen molar-refractivity contribution in [3.8, 4) is 0 Å². The van der Waals surface area contributed by atoms with E-state index >= 15 is 0 Å². The molecule has 1 aliphatic heterocycles. The molecule has 1 atom stereocenters. The van der Waals surface area contributed by atoms with Crippen LogP contribution in [-0.2, 0) is 13.5 Å². The van der Waals surface area contributed by atoms with E-state index in [4.69, 9.17) is 0 Å². The predicted molar refractivity (Wildman–Crippen MR) is 85.1 cm³/mol. The molecule has 1 saturated heterocycles. The summed E-state index contributed by atoms with van der Waals surface area (Å²) < 4.78 is 1.84. The second kappa shape index (κ2) is 5.79. The van der Waals surface area contributed by atoms with Crippen molar-refractivity contribution in [2.45, 2.75) is 19.8 Å². The summed E-state index contributed by atoms with van der Waals surface area (Å²) in [6.07, 6.45) is 6.18. The fraction of sp³-hybridized carbons (Fsp3) is 0.438. The van der Waals surface area contributed by atoms with Crippen molar-refractivity contribution in [3.05, 3.63) is 51.8 Å². The third-order valence-electron chi connectivity index (χ3n) is 4.31. The fourth-order valence-corrected chi connectivity index (χ4v) is 3.19. The fourth-order valence-electron chi connectivity index (χ4n) is 3.19. The molecule has 22 heavy (non-hydrogen) atoms. The number of benzene rings is 1. The number of nitro benzene ring substituents is 1. The molecule has 0 amide bonds. The van der Waals surface area contributed by atoms with Crippen molar-refractivity contribution >= 4 is 11.4 Å². The molecular formula is C16H20N4O2. The van der Waals surface area contributed by atoms with E-state index < -0.39 is 0 Å². The molecule has 1 aliphatic rings. The van der Waals surface area contributed by atoms with Gasteiger partial charge in [-0.2, -0.15) is 5.10 Å². The number of nitro groups is 1. The van der Waals surface area contributed by atoms with Crippen LogP contribution in [0.1, 0.15) is 17.5 Å². The molecule has 2 aromatic rings. The van der Waals surface area contributed by atoms with Crippen LogP contribution in [0.2, 0.25) is 0 Å². The summed E-state index contributed by atoms with van der Waals surface area (Å²) in [4.78, 5) is 12.9. The van der Waals surface area contributed by atoms with Crippen molar-refractivity contribution in [2.24, 2.45) is 13.0 Å². The molecule has 116 valence electrons. The summed E-state index contributed by atoms with van der Waals surface area (Å²) in [5.74, 6) is 0.611. The first kappa shape index (κ1) is 14.6. The number of hydrogen-bond donors (Lipinski definition) is 0. The van der Waals surface area contributed by atoms with E-state index in [1.807, 2.05) is 30.1 Å². The SMILES string of the molecule is Cc1cc(N2CCC(Cc3cnn(C)c3)C2)ccc1[N+](=O)[O-]. The Hall–Kier alpha value is -2.37. The largest absolute Gasteiger partial charge is 0.371 e. The van der Waals surface area contributed by atoms with E-state index in [1.54, 1.807) is 13.0 Å². The third-order valence-corrected chi connectivity index (χ3v) is 4.31. The van der Waals surface area contributed by atoms with Crippen molar-refractivity contribution in [1.82, 2.24) is 9.78 Å². The zero-order valence-electron chi connectivity index (χ0n) is 12.9. The van der Waals surface area contributed by atoms with Gasteiger partial charge in [-0.15, -0.1) is 0 Å². The zero-order chi connectivity index (χ0) is 15.7. The first-order valence-electron chi connectivity index (χ1n) is 7.50. The van der Waals surface area contributed by atoms with E-state index in [0.29, 0.717) is 5.92 Å². The van der Waals surface area contributed by atoms with E-state index in [0.717, 1.165) is 37.2 Å². The quantitative estimate of drug-likeness (QED) is 0.643. The highest BCUT2D eigenvalue weighted by molar-refractivity contribution is 5.55. The monoisotopic (exact) mass is 300 g/mol. The number of anilines is 1. The lowest BCUT2D eigenvalue weighted by Gasteiger charge is -2.19. The molecule has 1 aromatic carbocycles. The average molecular weight is 300 g/mol. The maximum atomic E-state index is 10.9. The van der Waals surface area contributed by atoms with E-state index in [1.165, 1.54) is 5.56 Å². The summed E-state index contributed by atoms with van der Waals surface area (Å²) in [5.41, 5.74) is 3.26. The first-order chi connectivity index (χ1) is 10.5. The summed E-state index contributed by atoms with van der Waals surface area (Å²) >= 11 is 0. The molecule has 0 bridgehead atoms. The Labute approximate surface area is 129 Å². The van der Waals surface area contributed by atoms with Crippen LogP contribution in [0.15, 0.2) is 30.6 Å². The van der Waals surface area contributed by atoms with Crippen LogP contribution in [0.5, 0.6) is 0 Å². The van der Waals surface area contributed by atoms with Crippen LogP contribution in [0.25, 0.3) is 0 Å². The molecule has 6 heteroatoms. The first-order valence-corrected chi connectivity index (χ1v) is 7.50. The Bertz CT molecular complexity index is 695. The molecule has 0 spiro atoms. The molecule has 0 aliphatic carbocycles. The van der Waals surface area contributed by atoms with Gasteiger partial charge in [-0.05, 0) is 43.4 Å². The van der Waals surface area contributed by atoms with Gasteiger partial charge in [0, 0.05) is 43.7 Å². The molecule has 0 N–H and O–H groups in total. The van der Waals surface area contributed by atoms with Crippen LogP contribution < -0.4 is 4.90 Å². The highest BCUT2D eigenvalue weighted by Gasteiger charge is 2.24. The minimum atomic E-state index is -0.325. The molecule has 1 unspecified atom stereocenters. The predicted octanol–water partition coefficient (Wildman–Crippen LogP) is 2.71. The van der Waals surface area contributed by atoms with Crippen molar-refractivity contribution in [3.63, 3.8) is 0 Å². The van der Waals surface area contributed by atoms with Gasteiger partial charge < -0.3 is 4.90 Å². The number of rotatable bonds is 4. The minimum absolute atomic E-state index is 0.190. The lowest BCUT2D eigenvalue weighted by atomic mass is 10.0. The zero-order valence-corrected chi connectivity index (χ0v) is 12.9. The van der Waals surface area contributed by atoms with Gasteiger partial charge >= 0.3 is 0 Å². The van der Waals surface area contributed by atoms with Gasteiger partial charge in [0.2, 0.25) is 0 Å². The topological polar surface area (TPSA) is 64.2 Å². The highest BCUT2D eigenvalue weighted by atomic mass is 16.6. The van der Waals surface area contributed by atoms with Gasteiger partial charge in [0.15, 0.2) is 0 Å². The normalized spacial score (nSPS) is 17.9. The van der Waals surface area contributed by atoms with Crippen LogP contribution in [0, 0.1) is 23.0 Å². The molecule has 0 radical (unpaired) electrons. The van der Waals surface area contributed by atoms with Crippen LogP contribution in [0.4, 0.5) is 11.4 Å². The van der Waals surface area contributed by atoms with E-state index in [9.17, 15) is 10.1 Å². The molecule has 6 nitrogen and oxygen atoms in total. The van der Waals surface area contributed by atoms with Crippen LogP contribution in [-0.4, -0.2) is 27.8 Å². The van der Waals surface area contributed by atoms with Gasteiger partial charge in [0.1, 0.15) is 0 Å². The second-order valence-corrected chi connectivity index (χ2v) is 6.05. The van der Waals surface area contributed by atoms with Crippen molar-refractivity contribution in [2.75, 3.05) is 18.0 Å². The standard InChI is InChI=1S/C16H20N4O2/c1-12-7-15(3-4-16(12)20(21)22)19-6-5-13(11-19)8-14-9-17-18(2)10-14/h3-4,7,9-10,13H,5-6,8,11H2,1-2H3. The maximum Gasteiger partial charge on any atom is 0.272 e. The van der Waals surface area contributed by atoms with Crippen LogP contribution >= 0.6 is 0 Å². The van der Waals surface area contributed by atoms with Gasteiger partial charge in [0.05, 0.1) is 11.1 Å². The van der Waals surface area contributed by atoms with E-state index in [-0.39, 0.29) is 10.6 Å². The van der Waals surface area contributed by atoms with Crippen molar-refractivity contribution < 1.29 is 4.92 Å². The Kier molecular flexibility index (Phi) is 3.83. The smallest absolute Gasteiger partial charge is 0.272 e. The Morgan fingerprint density at radius 2 is 2.27 bits per heavy atom. The molecule has 2 heterocycles. The average Bonchev–Trinajstić information content (AvgIpc) is 3.08. The van der Waals surface area contributed by atoms with Gasteiger partial charge in [-0.3, -0.25) is 14.8 Å².